The molecule has 0 aliphatic heterocycles. The molecule has 2 aromatic carbocycles. The molecule has 0 amide bonds. The van der Waals surface area contributed by atoms with Crippen molar-refractivity contribution >= 4 is 26.0 Å². The molecule has 0 atom stereocenters. The lowest BCUT2D eigenvalue weighted by molar-refractivity contribution is 0.464. The third-order valence-corrected chi connectivity index (χ3v) is 5.45. The molecule has 0 aliphatic carbocycles. The van der Waals surface area contributed by atoms with Crippen LogP contribution in [0.5, 0.6) is 0 Å². The van der Waals surface area contributed by atoms with Crippen molar-refractivity contribution in [2.45, 2.75) is 11.4 Å². The summed E-state index contributed by atoms with van der Waals surface area (Å²) in [5, 5.41) is 0. The van der Waals surface area contributed by atoms with Gasteiger partial charge in [-0.1, -0.05) is 34.1 Å². The average molecular weight is 376 g/mol. The van der Waals surface area contributed by atoms with E-state index in [2.05, 4.69) is 15.9 Å². The number of sulfonamides is 1. The summed E-state index contributed by atoms with van der Waals surface area (Å²) in [4.78, 5) is -0.408. The fourth-order valence-electron chi connectivity index (χ4n) is 1.81. The molecule has 2 rings (SSSR count). The predicted molar refractivity (Wildman–Crippen MR) is 79.2 cm³/mol. The van der Waals surface area contributed by atoms with Crippen LogP contribution in [0.1, 0.15) is 5.56 Å². The van der Waals surface area contributed by atoms with E-state index in [4.69, 9.17) is 0 Å². The minimum Gasteiger partial charge on any atom is -0.207 e. The highest BCUT2D eigenvalue weighted by Gasteiger charge is 2.23. The Morgan fingerprint density at radius 1 is 1.10 bits per heavy atom. The smallest absolute Gasteiger partial charge is 0.207 e. The lowest BCUT2D eigenvalue weighted by Gasteiger charge is -2.18. The molecule has 3 nitrogen and oxygen atoms in total. The van der Waals surface area contributed by atoms with E-state index in [0.29, 0.717) is 6.07 Å². The Balaban J connectivity index is 2.33. The zero-order chi connectivity index (χ0) is 15.6. The molecule has 0 saturated heterocycles. The van der Waals surface area contributed by atoms with Gasteiger partial charge in [-0.15, -0.1) is 0 Å². The molecule has 0 heterocycles. The van der Waals surface area contributed by atoms with Crippen molar-refractivity contribution in [1.29, 1.82) is 0 Å². The minimum atomic E-state index is -3.97. The lowest BCUT2D eigenvalue weighted by atomic mass is 10.2. The average Bonchev–Trinajstić information content (AvgIpc) is 2.40. The van der Waals surface area contributed by atoms with Crippen molar-refractivity contribution in [3.05, 3.63) is 64.1 Å². The second-order valence-corrected chi connectivity index (χ2v) is 7.36. The maximum atomic E-state index is 13.2. The maximum Gasteiger partial charge on any atom is 0.243 e. The highest BCUT2D eigenvalue weighted by Crippen LogP contribution is 2.22. The normalized spacial score (nSPS) is 11.9. The summed E-state index contributed by atoms with van der Waals surface area (Å²) >= 11 is 3.33. The maximum absolute atomic E-state index is 13.2. The number of benzene rings is 2. The number of rotatable bonds is 4. The number of nitrogens with zero attached hydrogens (tertiary/aromatic N) is 1. The Morgan fingerprint density at radius 2 is 1.67 bits per heavy atom. The second kappa shape index (κ2) is 6.21. The molecular formula is C14H12BrF2NO2S. The van der Waals surface area contributed by atoms with Gasteiger partial charge in [-0.2, -0.15) is 4.31 Å². The highest BCUT2D eigenvalue weighted by molar-refractivity contribution is 9.10. The van der Waals surface area contributed by atoms with Gasteiger partial charge >= 0.3 is 0 Å². The molecule has 0 unspecified atom stereocenters. The predicted octanol–water partition coefficient (Wildman–Crippen LogP) is 3.55. The molecule has 0 fully saturated rings. The van der Waals surface area contributed by atoms with E-state index >= 15 is 0 Å². The van der Waals surface area contributed by atoms with Gasteiger partial charge in [0.1, 0.15) is 11.6 Å². The molecule has 0 spiro atoms. The first-order valence-electron chi connectivity index (χ1n) is 5.96. The van der Waals surface area contributed by atoms with Gasteiger partial charge in [0.15, 0.2) is 0 Å². The Hall–Kier alpha value is -1.31. The van der Waals surface area contributed by atoms with Crippen LogP contribution in [0, 0.1) is 11.6 Å². The van der Waals surface area contributed by atoms with Crippen LogP contribution in [0.15, 0.2) is 51.8 Å². The standard InChI is InChI=1S/C14H12BrF2NO2S/c1-18(9-10-4-2-3-5-14(10)15)21(19,20)13-7-11(16)6-12(17)8-13/h2-8H,9H2,1H3. The van der Waals surface area contributed by atoms with Crippen LogP contribution in [0.2, 0.25) is 0 Å². The summed E-state index contributed by atoms with van der Waals surface area (Å²) in [5.41, 5.74) is 0.750. The van der Waals surface area contributed by atoms with Gasteiger partial charge in [0.2, 0.25) is 10.0 Å². The largest absolute Gasteiger partial charge is 0.243 e. The molecule has 7 heteroatoms. The molecule has 0 bridgehead atoms. The van der Waals surface area contributed by atoms with Crippen LogP contribution in [0.3, 0.4) is 0 Å². The Labute approximate surface area is 130 Å². The zero-order valence-corrected chi connectivity index (χ0v) is 13.5. The van der Waals surface area contributed by atoms with E-state index in [1.807, 2.05) is 6.07 Å². The summed E-state index contributed by atoms with van der Waals surface area (Å²) in [5.74, 6) is -1.86. The first-order chi connectivity index (χ1) is 9.80. The van der Waals surface area contributed by atoms with E-state index in [9.17, 15) is 17.2 Å². The minimum absolute atomic E-state index is 0.0852. The van der Waals surface area contributed by atoms with Crippen molar-refractivity contribution in [1.82, 2.24) is 4.31 Å². The van der Waals surface area contributed by atoms with Crippen LogP contribution < -0.4 is 0 Å². The summed E-state index contributed by atoms with van der Waals surface area (Å²) in [6.07, 6.45) is 0. The van der Waals surface area contributed by atoms with E-state index in [1.165, 1.54) is 7.05 Å². The van der Waals surface area contributed by atoms with Gasteiger partial charge in [-0.05, 0) is 23.8 Å². The third-order valence-electron chi connectivity index (χ3n) is 2.90. The van der Waals surface area contributed by atoms with E-state index in [-0.39, 0.29) is 6.54 Å². The fourth-order valence-corrected chi connectivity index (χ4v) is 3.41. The molecular weight excluding hydrogens is 364 g/mol. The first kappa shape index (κ1) is 16.1. The van der Waals surface area contributed by atoms with E-state index in [0.717, 1.165) is 26.5 Å². The molecule has 0 aliphatic rings. The molecule has 0 N–H and O–H groups in total. The molecule has 0 radical (unpaired) electrons. The molecule has 112 valence electrons. The SMILES string of the molecule is CN(Cc1ccccc1Br)S(=O)(=O)c1cc(F)cc(F)c1. The van der Waals surface area contributed by atoms with Crippen LogP contribution in [0.25, 0.3) is 0 Å². The Kier molecular flexibility index (Phi) is 4.75. The lowest BCUT2D eigenvalue weighted by Crippen LogP contribution is -2.26. The first-order valence-corrected chi connectivity index (χ1v) is 8.20. The Morgan fingerprint density at radius 3 is 2.24 bits per heavy atom. The zero-order valence-electron chi connectivity index (χ0n) is 11.1. The summed E-state index contributed by atoms with van der Waals surface area (Å²) in [6, 6.07) is 9.38. The second-order valence-electron chi connectivity index (χ2n) is 4.46. The van der Waals surface area contributed by atoms with Gasteiger partial charge in [-0.25, -0.2) is 17.2 Å². The molecule has 0 aromatic heterocycles. The van der Waals surface area contributed by atoms with Gasteiger partial charge in [0.25, 0.3) is 0 Å². The molecule has 0 saturated carbocycles. The summed E-state index contributed by atoms with van der Waals surface area (Å²) < 4.78 is 52.8. The highest BCUT2D eigenvalue weighted by atomic mass is 79.9. The summed E-state index contributed by atoms with van der Waals surface area (Å²) in [7, 11) is -2.61. The topological polar surface area (TPSA) is 37.4 Å². The van der Waals surface area contributed by atoms with Crippen molar-refractivity contribution < 1.29 is 17.2 Å². The quantitative estimate of drug-likeness (QED) is 0.819. The molecule has 2 aromatic rings. The number of hydrogen-bond donors (Lipinski definition) is 0. The van der Waals surface area contributed by atoms with Gasteiger partial charge in [-0.3, -0.25) is 0 Å². The van der Waals surface area contributed by atoms with Crippen molar-refractivity contribution in [3.63, 3.8) is 0 Å². The fraction of sp³-hybridized carbons (Fsp3) is 0.143. The van der Waals surface area contributed by atoms with Crippen LogP contribution in [-0.4, -0.2) is 19.8 Å². The third kappa shape index (κ3) is 3.66. The Bertz CT molecular complexity index is 745. The number of hydrogen-bond acceptors (Lipinski definition) is 2. The van der Waals surface area contributed by atoms with Gasteiger partial charge in [0.05, 0.1) is 4.90 Å². The monoisotopic (exact) mass is 375 g/mol. The van der Waals surface area contributed by atoms with Gasteiger partial charge < -0.3 is 0 Å². The molecule has 21 heavy (non-hydrogen) atoms. The van der Waals surface area contributed by atoms with Crippen molar-refractivity contribution in [2.24, 2.45) is 0 Å². The summed E-state index contributed by atoms with van der Waals surface area (Å²) in [6.45, 7) is 0.0852. The van der Waals surface area contributed by atoms with Crippen LogP contribution >= 0.6 is 15.9 Å². The van der Waals surface area contributed by atoms with Crippen molar-refractivity contribution in [3.8, 4) is 0 Å². The van der Waals surface area contributed by atoms with Crippen LogP contribution in [0.4, 0.5) is 8.78 Å². The van der Waals surface area contributed by atoms with E-state index in [1.54, 1.807) is 18.2 Å². The number of halogens is 3. The van der Waals surface area contributed by atoms with Crippen molar-refractivity contribution in [2.75, 3.05) is 7.05 Å². The van der Waals surface area contributed by atoms with E-state index < -0.39 is 26.6 Å². The van der Waals surface area contributed by atoms with Gasteiger partial charge in [0, 0.05) is 24.1 Å². The van der Waals surface area contributed by atoms with Crippen LogP contribution in [-0.2, 0) is 16.6 Å².